The first-order valence-electron chi connectivity index (χ1n) is 7.61. The third-order valence-electron chi connectivity index (χ3n) is 3.54. The highest BCUT2D eigenvalue weighted by molar-refractivity contribution is 5.85. The molecule has 1 aromatic carbocycles. The Kier molecular flexibility index (Phi) is 6.78. The summed E-state index contributed by atoms with van der Waals surface area (Å²) in [5, 5.41) is 13.0. The van der Waals surface area contributed by atoms with Crippen molar-refractivity contribution >= 4 is 12.4 Å². The maximum atomic E-state index is 13.6. The lowest BCUT2D eigenvalue weighted by Gasteiger charge is -2.36. The van der Waals surface area contributed by atoms with Crippen LogP contribution in [0.3, 0.4) is 0 Å². The molecule has 2 N–H and O–H groups in total. The molecular weight excluding hydrogens is 345 g/mol. The largest absolute Gasteiger partial charge is 0.508 e. The maximum Gasteiger partial charge on any atom is 0.408 e. The molecule has 0 bridgehead atoms. The average molecular weight is 369 g/mol. The van der Waals surface area contributed by atoms with E-state index in [1.807, 2.05) is 20.8 Å². The van der Waals surface area contributed by atoms with Crippen LogP contribution in [0.15, 0.2) is 18.2 Å². The zero-order valence-corrected chi connectivity index (χ0v) is 14.8. The smallest absolute Gasteiger partial charge is 0.408 e. The molecule has 1 saturated heterocycles. The molecular formula is C16H24ClF3N2O2. The topological polar surface area (TPSA) is 44.7 Å². The molecule has 0 spiro atoms. The maximum absolute atomic E-state index is 13.6. The van der Waals surface area contributed by atoms with Crippen molar-refractivity contribution in [1.82, 2.24) is 10.2 Å². The van der Waals surface area contributed by atoms with Crippen LogP contribution in [0.4, 0.5) is 13.2 Å². The number of aromatic hydroxyl groups is 1. The SMILES string of the molecule is CC(C)(C)Oc1ccc(O)c([C@H](N2CCNCC2)C(F)(F)F)c1.Cl. The normalized spacial score (nSPS) is 17.9. The second-order valence-electron chi connectivity index (χ2n) is 6.67. The minimum absolute atomic E-state index is 0. The lowest BCUT2D eigenvalue weighted by atomic mass is 10.0. The van der Waals surface area contributed by atoms with Gasteiger partial charge in [-0.15, -0.1) is 12.4 Å². The number of alkyl halides is 3. The Morgan fingerprint density at radius 1 is 1.17 bits per heavy atom. The molecule has 1 atom stereocenters. The lowest BCUT2D eigenvalue weighted by molar-refractivity contribution is -0.188. The van der Waals surface area contributed by atoms with Gasteiger partial charge in [0.25, 0.3) is 0 Å². The van der Waals surface area contributed by atoms with E-state index in [1.165, 1.54) is 23.1 Å². The standard InChI is InChI=1S/C16H23F3N2O2.ClH/c1-15(2,3)23-11-4-5-13(22)12(10-11)14(16(17,18)19)21-8-6-20-7-9-21;/h4-5,10,14,20,22H,6-9H2,1-3H3;1H/t14-;/m0./s1. The summed E-state index contributed by atoms with van der Waals surface area (Å²) in [5.74, 6) is -0.0539. The molecule has 1 aliphatic rings. The molecule has 0 radical (unpaired) electrons. The minimum atomic E-state index is -4.48. The number of nitrogens with zero attached hydrogens (tertiary/aromatic N) is 1. The number of phenolic OH excluding ortho intramolecular Hbond substituents is 1. The third-order valence-corrected chi connectivity index (χ3v) is 3.54. The first kappa shape index (κ1) is 20.9. The number of piperazine rings is 1. The minimum Gasteiger partial charge on any atom is -0.508 e. The monoisotopic (exact) mass is 368 g/mol. The molecule has 0 unspecified atom stereocenters. The summed E-state index contributed by atoms with van der Waals surface area (Å²) in [6.45, 7) is 6.98. The van der Waals surface area contributed by atoms with Crippen LogP contribution in [0, 0.1) is 0 Å². The van der Waals surface area contributed by atoms with E-state index in [9.17, 15) is 18.3 Å². The molecule has 1 aliphatic heterocycles. The molecule has 138 valence electrons. The van der Waals surface area contributed by atoms with Crippen LogP contribution in [0.25, 0.3) is 0 Å². The number of ether oxygens (including phenoxy) is 1. The fourth-order valence-electron chi connectivity index (χ4n) is 2.69. The van der Waals surface area contributed by atoms with E-state index < -0.39 is 17.8 Å². The zero-order chi connectivity index (χ0) is 17.3. The molecule has 1 heterocycles. The predicted molar refractivity (Wildman–Crippen MR) is 89.0 cm³/mol. The summed E-state index contributed by atoms with van der Waals surface area (Å²) in [4.78, 5) is 1.34. The van der Waals surface area contributed by atoms with Gasteiger partial charge in [0.15, 0.2) is 0 Å². The fourth-order valence-corrected chi connectivity index (χ4v) is 2.69. The molecule has 24 heavy (non-hydrogen) atoms. The van der Waals surface area contributed by atoms with Crippen LogP contribution in [0.5, 0.6) is 11.5 Å². The second-order valence-corrected chi connectivity index (χ2v) is 6.67. The van der Waals surface area contributed by atoms with Crippen molar-refractivity contribution in [2.24, 2.45) is 0 Å². The molecule has 4 nitrogen and oxygen atoms in total. The van der Waals surface area contributed by atoms with Gasteiger partial charge in [0, 0.05) is 31.7 Å². The van der Waals surface area contributed by atoms with Gasteiger partial charge in [-0.3, -0.25) is 4.90 Å². The van der Waals surface area contributed by atoms with E-state index in [0.29, 0.717) is 18.8 Å². The Morgan fingerprint density at radius 2 is 1.75 bits per heavy atom. The first-order valence-corrected chi connectivity index (χ1v) is 7.61. The van der Waals surface area contributed by atoms with E-state index in [-0.39, 0.29) is 36.8 Å². The zero-order valence-electron chi connectivity index (χ0n) is 14.0. The molecule has 1 aromatic rings. The summed E-state index contributed by atoms with van der Waals surface area (Å²) in [6.07, 6.45) is -4.48. The van der Waals surface area contributed by atoms with Gasteiger partial charge in [0.1, 0.15) is 23.1 Å². The Bertz CT molecular complexity index is 541. The summed E-state index contributed by atoms with van der Waals surface area (Å²) >= 11 is 0. The number of nitrogens with one attached hydrogen (secondary N) is 1. The van der Waals surface area contributed by atoms with Crippen LogP contribution in [-0.2, 0) is 0 Å². The first-order chi connectivity index (χ1) is 10.6. The van der Waals surface area contributed by atoms with Crippen LogP contribution in [-0.4, -0.2) is 48.0 Å². The fraction of sp³-hybridized carbons (Fsp3) is 0.625. The highest BCUT2D eigenvalue weighted by Crippen LogP contribution is 2.42. The molecule has 2 rings (SSSR count). The van der Waals surface area contributed by atoms with E-state index in [4.69, 9.17) is 4.74 Å². The summed E-state index contributed by atoms with van der Waals surface area (Å²) in [6, 6.07) is 2.20. The lowest BCUT2D eigenvalue weighted by Crippen LogP contribution is -2.49. The Morgan fingerprint density at radius 3 is 2.25 bits per heavy atom. The predicted octanol–water partition coefficient (Wildman–Crippen LogP) is 3.50. The van der Waals surface area contributed by atoms with Gasteiger partial charge in [-0.2, -0.15) is 13.2 Å². The summed E-state index contributed by atoms with van der Waals surface area (Å²) in [5.41, 5.74) is -0.696. The van der Waals surface area contributed by atoms with Gasteiger partial charge < -0.3 is 15.2 Å². The van der Waals surface area contributed by atoms with Gasteiger partial charge in [-0.1, -0.05) is 0 Å². The molecule has 0 saturated carbocycles. The summed E-state index contributed by atoms with van der Waals surface area (Å²) in [7, 11) is 0. The van der Waals surface area contributed by atoms with Crippen molar-refractivity contribution in [1.29, 1.82) is 0 Å². The van der Waals surface area contributed by atoms with Crippen LogP contribution >= 0.6 is 12.4 Å². The molecule has 8 heteroatoms. The Hall–Kier alpha value is -1.18. The number of halogens is 4. The second kappa shape index (κ2) is 7.80. The average Bonchev–Trinajstić information content (AvgIpc) is 2.41. The van der Waals surface area contributed by atoms with Crippen LogP contribution in [0.1, 0.15) is 32.4 Å². The molecule has 1 fully saturated rings. The van der Waals surface area contributed by atoms with Crippen molar-refractivity contribution in [2.75, 3.05) is 26.2 Å². The number of phenols is 1. The highest BCUT2D eigenvalue weighted by Gasteiger charge is 2.46. The van der Waals surface area contributed by atoms with Gasteiger partial charge in [0.05, 0.1) is 0 Å². The van der Waals surface area contributed by atoms with Gasteiger partial charge in [-0.25, -0.2) is 0 Å². The van der Waals surface area contributed by atoms with Crippen molar-refractivity contribution < 1.29 is 23.0 Å². The number of rotatable bonds is 3. The Balaban J connectivity index is 0.00000288. The molecule has 0 aliphatic carbocycles. The van der Waals surface area contributed by atoms with Gasteiger partial charge in [-0.05, 0) is 39.0 Å². The summed E-state index contributed by atoms with van der Waals surface area (Å²) < 4.78 is 46.5. The Labute approximate surface area is 146 Å². The third kappa shape index (κ3) is 5.43. The van der Waals surface area contributed by atoms with Crippen molar-refractivity contribution in [3.8, 4) is 11.5 Å². The van der Waals surface area contributed by atoms with Gasteiger partial charge in [0.2, 0.25) is 0 Å². The van der Waals surface area contributed by atoms with Crippen molar-refractivity contribution in [2.45, 2.75) is 38.6 Å². The van der Waals surface area contributed by atoms with Crippen molar-refractivity contribution in [3.05, 3.63) is 23.8 Å². The van der Waals surface area contributed by atoms with E-state index >= 15 is 0 Å². The van der Waals surface area contributed by atoms with Crippen molar-refractivity contribution in [3.63, 3.8) is 0 Å². The molecule has 0 amide bonds. The number of hydrogen-bond donors (Lipinski definition) is 2. The number of benzene rings is 1. The van der Waals surface area contributed by atoms with Crippen LogP contribution < -0.4 is 10.1 Å². The quantitative estimate of drug-likeness (QED) is 0.857. The van der Waals surface area contributed by atoms with Crippen LogP contribution in [0.2, 0.25) is 0 Å². The van der Waals surface area contributed by atoms with E-state index in [2.05, 4.69) is 5.32 Å². The number of hydrogen-bond acceptors (Lipinski definition) is 4. The molecule has 0 aromatic heterocycles. The van der Waals surface area contributed by atoms with E-state index in [1.54, 1.807) is 0 Å². The highest BCUT2D eigenvalue weighted by atomic mass is 35.5. The van der Waals surface area contributed by atoms with Gasteiger partial charge >= 0.3 is 6.18 Å². The van der Waals surface area contributed by atoms with E-state index in [0.717, 1.165) is 0 Å².